The Morgan fingerprint density at radius 2 is 2.00 bits per heavy atom. The molecule has 3 heterocycles. The molecule has 1 N–H and O–H groups in total. The van der Waals surface area contributed by atoms with Gasteiger partial charge in [0.25, 0.3) is 0 Å². The van der Waals surface area contributed by atoms with Crippen LogP contribution in [-0.4, -0.2) is 33.5 Å². The molecule has 1 atom stereocenters. The van der Waals surface area contributed by atoms with Gasteiger partial charge in [-0.15, -0.1) is 0 Å². The average Bonchev–Trinajstić information content (AvgIpc) is 2.91. The smallest absolute Gasteiger partial charge is 0.226 e. The second-order valence-electron chi connectivity index (χ2n) is 5.55. The van der Waals surface area contributed by atoms with Crippen molar-refractivity contribution in [3.05, 3.63) is 36.0 Å². The molecule has 110 valence electrons. The lowest BCUT2D eigenvalue weighted by Crippen LogP contribution is -2.41. The molecule has 0 aliphatic carbocycles. The first-order chi connectivity index (χ1) is 10.1. The van der Waals surface area contributed by atoms with Gasteiger partial charge in [0.05, 0.1) is 0 Å². The van der Waals surface area contributed by atoms with Crippen molar-refractivity contribution in [1.29, 1.82) is 0 Å². The van der Waals surface area contributed by atoms with Crippen molar-refractivity contribution >= 4 is 11.8 Å². The van der Waals surface area contributed by atoms with Crippen LogP contribution >= 0.6 is 0 Å². The van der Waals surface area contributed by atoms with Crippen LogP contribution in [0.1, 0.15) is 31.3 Å². The highest BCUT2D eigenvalue weighted by atomic mass is 15.3. The van der Waals surface area contributed by atoms with Crippen LogP contribution in [0.2, 0.25) is 0 Å². The zero-order valence-electron chi connectivity index (χ0n) is 12.7. The monoisotopic (exact) mass is 284 g/mol. The molecule has 0 amide bonds. The van der Waals surface area contributed by atoms with Crippen LogP contribution in [0.25, 0.3) is 0 Å². The molecule has 0 saturated carbocycles. The number of hydrogen-bond acceptors (Lipinski definition) is 6. The van der Waals surface area contributed by atoms with Gasteiger partial charge in [0, 0.05) is 37.7 Å². The topological polar surface area (TPSA) is 66.8 Å². The van der Waals surface area contributed by atoms with E-state index in [2.05, 4.69) is 37.1 Å². The third-order valence-corrected chi connectivity index (χ3v) is 4.03. The van der Waals surface area contributed by atoms with Crippen LogP contribution in [0.4, 0.5) is 11.8 Å². The Kier molecular flexibility index (Phi) is 3.45. The van der Waals surface area contributed by atoms with E-state index in [1.807, 2.05) is 26.1 Å². The molecule has 0 bridgehead atoms. The van der Waals surface area contributed by atoms with Gasteiger partial charge in [-0.3, -0.25) is 0 Å². The van der Waals surface area contributed by atoms with Crippen LogP contribution in [-0.2, 0) is 5.54 Å². The lowest BCUT2D eigenvalue weighted by molar-refractivity contribution is 0.453. The van der Waals surface area contributed by atoms with Crippen molar-refractivity contribution in [2.45, 2.75) is 32.2 Å². The maximum absolute atomic E-state index is 4.66. The minimum Gasteiger partial charge on any atom is -0.373 e. The molecule has 1 aliphatic rings. The van der Waals surface area contributed by atoms with E-state index in [1.54, 1.807) is 12.4 Å². The van der Waals surface area contributed by atoms with Gasteiger partial charge in [0.1, 0.15) is 11.4 Å². The van der Waals surface area contributed by atoms with Crippen LogP contribution in [0.3, 0.4) is 0 Å². The minimum atomic E-state index is -0.265. The van der Waals surface area contributed by atoms with Crippen molar-refractivity contribution in [1.82, 2.24) is 19.9 Å². The Morgan fingerprint density at radius 1 is 1.24 bits per heavy atom. The summed E-state index contributed by atoms with van der Waals surface area (Å²) in [6, 6.07) is 3.78. The molecule has 0 spiro atoms. The lowest BCUT2D eigenvalue weighted by Gasteiger charge is -2.34. The first-order valence-electron chi connectivity index (χ1n) is 7.22. The molecule has 1 saturated heterocycles. The first-order valence-corrected chi connectivity index (χ1v) is 7.22. The van der Waals surface area contributed by atoms with Crippen LogP contribution in [0.15, 0.2) is 24.5 Å². The van der Waals surface area contributed by atoms with Crippen LogP contribution in [0, 0.1) is 6.92 Å². The fraction of sp³-hybridized carbons (Fsp3) is 0.467. The van der Waals surface area contributed by atoms with E-state index < -0.39 is 0 Å². The standard InChI is InChI=1S/C15H20N6/c1-11-10-12(16-3)20-13(19-11)15(2)6-4-9-21(15)14-17-7-5-8-18-14/h5,7-8,10H,4,6,9H2,1-3H3,(H,16,19,20)/t15-/m1/s1. The normalized spacial score (nSPS) is 21.6. The summed E-state index contributed by atoms with van der Waals surface area (Å²) in [6.45, 7) is 5.09. The Balaban J connectivity index is 2.04. The van der Waals surface area contributed by atoms with E-state index in [0.29, 0.717) is 0 Å². The molecule has 1 fully saturated rings. The van der Waals surface area contributed by atoms with E-state index in [0.717, 1.165) is 42.7 Å². The van der Waals surface area contributed by atoms with Gasteiger partial charge in [-0.2, -0.15) is 0 Å². The third kappa shape index (κ3) is 2.41. The third-order valence-electron chi connectivity index (χ3n) is 4.03. The second-order valence-corrected chi connectivity index (χ2v) is 5.55. The lowest BCUT2D eigenvalue weighted by atomic mass is 9.97. The van der Waals surface area contributed by atoms with Gasteiger partial charge in [0.15, 0.2) is 5.82 Å². The highest BCUT2D eigenvalue weighted by Gasteiger charge is 2.42. The summed E-state index contributed by atoms with van der Waals surface area (Å²) in [4.78, 5) is 20.3. The Morgan fingerprint density at radius 3 is 2.71 bits per heavy atom. The van der Waals surface area contributed by atoms with E-state index >= 15 is 0 Å². The predicted molar refractivity (Wildman–Crippen MR) is 82.3 cm³/mol. The van der Waals surface area contributed by atoms with Gasteiger partial charge >= 0.3 is 0 Å². The second kappa shape index (κ2) is 5.27. The SMILES string of the molecule is CNc1cc(C)nc([C@@]2(C)CCCN2c2ncccn2)n1. The summed E-state index contributed by atoms with van der Waals surface area (Å²) in [5.41, 5.74) is 0.699. The Bertz CT molecular complexity index is 629. The minimum absolute atomic E-state index is 0.265. The number of nitrogens with one attached hydrogen (secondary N) is 1. The summed E-state index contributed by atoms with van der Waals surface area (Å²) in [5.74, 6) is 2.42. The highest BCUT2D eigenvalue weighted by molar-refractivity contribution is 5.42. The molecule has 2 aromatic rings. The highest BCUT2D eigenvalue weighted by Crippen LogP contribution is 2.38. The van der Waals surface area contributed by atoms with Crippen molar-refractivity contribution in [2.24, 2.45) is 0 Å². The summed E-state index contributed by atoms with van der Waals surface area (Å²) in [7, 11) is 1.88. The fourth-order valence-electron chi connectivity index (χ4n) is 2.88. The van der Waals surface area contributed by atoms with Crippen molar-refractivity contribution in [3.8, 4) is 0 Å². The molecule has 3 rings (SSSR count). The van der Waals surface area contributed by atoms with Crippen LogP contribution < -0.4 is 10.2 Å². The molecule has 1 aliphatic heterocycles. The Hall–Kier alpha value is -2.24. The van der Waals surface area contributed by atoms with Gasteiger partial charge in [0.2, 0.25) is 5.95 Å². The van der Waals surface area contributed by atoms with Gasteiger partial charge in [-0.1, -0.05) is 0 Å². The average molecular weight is 284 g/mol. The van der Waals surface area contributed by atoms with Gasteiger partial charge < -0.3 is 10.2 Å². The summed E-state index contributed by atoms with van der Waals surface area (Å²) < 4.78 is 0. The molecular weight excluding hydrogens is 264 g/mol. The summed E-state index contributed by atoms with van der Waals surface area (Å²) >= 11 is 0. The van der Waals surface area contributed by atoms with Crippen molar-refractivity contribution in [2.75, 3.05) is 23.8 Å². The quantitative estimate of drug-likeness (QED) is 0.931. The number of anilines is 2. The number of aromatic nitrogens is 4. The predicted octanol–water partition coefficient (Wildman–Crippen LogP) is 2.13. The van der Waals surface area contributed by atoms with E-state index in [9.17, 15) is 0 Å². The molecule has 6 heteroatoms. The molecule has 0 radical (unpaired) electrons. The maximum Gasteiger partial charge on any atom is 0.226 e. The molecule has 6 nitrogen and oxygen atoms in total. The van der Waals surface area contributed by atoms with E-state index in [4.69, 9.17) is 0 Å². The van der Waals surface area contributed by atoms with Crippen LogP contribution in [0.5, 0.6) is 0 Å². The maximum atomic E-state index is 4.66. The molecule has 0 unspecified atom stereocenters. The molecule has 0 aromatic carbocycles. The largest absolute Gasteiger partial charge is 0.373 e. The Labute approximate surface area is 124 Å². The summed E-state index contributed by atoms with van der Waals surface area (Å²) in [6.07, 6.45) is 5.63. The molecule has 2 aromatic heterocycles. The summed E-state index contributed by atoms with van der Waals surface area (Å²) in [5, 5.41) is 3.10. The van der Waals surface area contributed by atoms with E-state index in [1.165, 1.54) is 0 Å². The zero-order valence-corrected chi connectivity index (χ0v) is 12.7. The number of aryl methyl sites for hydroxylation is 1. The molecule has 21 heavy (non-hydrogen) atoms. The fourth-order valence-corrected chi connectivity index (χ4v) is 2.88. The zero-order chi connectivity index (χ0) is 14.9. The van der Waals surface area contributed by atoms with Crippen molar-refractivity contribution < 1.29 is 0 Å². The number of hydrogen-bond donors (Lipinski definition) is 1. The number of nitrogens with zero attached hydrogens (tertiary/aromatic N) is 5. The number of rotatable bonds is 3. The van der Waals surface area contributed by atoms with Gasteiger partial charge in [-0.05, 0) is 32.8 Å². The van der Waals surface area contributed by atoms with Crippen molar-refractivity contribution in [3.63, 3.8) is 0 Å². The van der Waals surface area contributed by atoms with E-state index in [-0.39, 0.29) is 5.54 Å². The molecular formula is C15H20N6. The van der Waals surface area contributed by atoms with Gasteiger partial charge in [-0.25, -0.2) is 19.9 Å². The first kappa shape index (κ1) is 13.7.